The molecule has 0 bridgehead atoms. The maximum Gasteiger partial charge on any atom is 0.358 e. The van der Waals surface area contributed by atoms with Gasteiger partial charge in [-0.2, -0.15) is 5.10 Å². The maximum absolute atomic E-state index is 12.8. The van der Waals surface area contributed by atoms with E-state index in [9.17, 15) is 9.18 Å². The summed E-state index contributed by atoms with van der Waals surface area (Å²) in [6, 6.07) is 7.65. The number of carbonyl (C=O) groups is 1. The van der Waals surface area contributed by atoms with E-state index >= 15 is 0 Å². The molecule has 0 spiro atoms. The summed E-state index contributed by atoms with van der Waals surface area (Å²) in [5, 5.41) is 4.08. The first-order chi connectivity index (χ1) is 12.5. The molecule has 0 atom stereocenters. The zero-order chi connectivity index (χ0) is 19.4. The van der Waals surface area contributed by atoms with Crippen LogP contribution in [0.5, 0.6) is 0 Å². The van der Waals surface area contributed by atoms with E-state index in [4.69, 9.17) is 4.74 Å². The van der Waals surface area contributed by atoms with Crippen molar-refractivity contribution >= 4 is 12.2 Å². The molecule has 6 heteroatoms. The maximum atomic E-state index is 12.8. The Morgan fingerprint density at radius 1 is 1.38 bits per heavy atom. The number of ether oxygens (including phenoxy) is 1. The van der Waals surface area contributed by atoms with E-state index < -0.39 is 5.97 Å². The molecule has 2 rings (SSSR count). The van der Waals surface area contributed by atoms with Crippen molar-refractivity contribution < 1.29 is 13.9 Å². The summed E-state index contributed by atoms with van der Waals surface area (Å²) in [6.07, 6.45) is 8.43. The Bertz CT molecular complexity index is 762. The Morgan fingerprint density at radius 3 is 2.65 bits per heavy atom. The second-order valence-corrected chi connectivity index (χ2v) is 5.13. The lowest BCUT2D eigenvalue weighted by Crippen LogP contribution is -2.05. The molecule has 5 nitrogen and oxygen atoms in total. The summed E-state index contributed by atoms with van der Waals surface area (Å²) in [5.74, 6) is -0.756. The van der Waals surface area contributed by atoms with Crippen molar-refractivity contribution in [3.05, 3.63) is 66.6 Å². The van der Waals surface area contributed by atoms with E-state index in [0.717, 1.165) is 17.7 Å². The fraction of sp³-hybridized carbons (Fsp3) is 0.250. The first kappa shape index (κ1) is 21.0. The minimum atomic E-state index is -0.457. The van der Waals surface area contributed by atoms with Crippen molar-refractivity contribution in [3.63, 3.8) is 0 Å². The van der Waals surface area contributed by atoms with Crippen LogP contribution in [0.15, 0.2) is 60.1 Å². The number of halogens is 1. The highest BCUT2D eigenvalue weighted by molar-refractivity contribution is 5.88. The summed E-state index contributed by atoms with van der Waals surface area (Å²) >= 11 is 0. The number of rotatable bonds is 6. The first-order valence-electron chi connectivity index (χ1n) is 8.18. The molecule has 26 heavy (non-hydrogen) atoms. The van der Waals surface area contributed by atoms with Crippen LogP contribution in [0.25, 0.3) is 11.3 Å². The van der Waals surface area contributed by atoms with Gasteiger partial charge in [0, 0.05) is 20.3 Å². The normalized spacial score (nSPS) is 10.6. The van der Waals surface area contributed by atoms with Crippen LogP contribution in [-0.4, -0.2) is 35.6 Å². The van der Waals surface area contributed by atoms with E-state index in [1.807, 2.05) is 18.2 Å². The van der Waals surface area contributed by atoms with Crippen molar-refractivity contribution in [3.8, 4) is 11.3 Å². The molecule has 0 amide bonds. The molecular weight excluding hydrogens is 333 g/mol. The summed E-state index contributed by atoms with van der Waals surface area (Å²) in [4.78, 5) is 15.3. The standard InChI is InChI=1S/C13H13FN2O2.C7H11N/c1-3-18-13(17)11-8-12(16(2)15-11)9-4-6-10(14)7-5-9;1-3-4-5-6-7-8-2/h4-8H,3H2,1-2H3;3,5-7H,1,4H2,2H3/b;6-5-,8-7?. The van der Waals surface area contributed by atoms with Crippen LogP contribution in [-0.2, 0) is 11.8 Å². The zero-order valence-electron chi connectivity index (χ0n) is 15.4. The third-order valence-corrected chi connectivity index (χ3v) is 3.18. The molecule has 0 fully saturated rings. The van der Waals surface area contributed by atoms with E-state index in [1.54, 1.807) is 50.1 Å². The van der Waals surface area contributed by atoms with Gasteiger partial charge in [0.05, 0.1) is 12.3 Å². The SMILES string of the molecule is C=CC/C=C\C=NC.CCOC(=O)c1cc(-c2ccc(F)cc2)n(C)n1. The van der Waals surface area contributed by atoms with Crippen LogP contribution in [0.2, 0.25) is 0 Å². The molecule has 0 radical (unpaired) electrons. The van der Waals surface area contributed by atoms with Crippen LogP contribution in [0.4, 0.5) is 4.39 Å². The number of benzene rings is 1. The second kappa shape index (κ2) is 11.5. The number of aliphatic imine (C=N–C) groups is 1. The van der Waals surface area contributed by atoms with Gasteiger partial charge >= 0.3 is 5.97 Å². The third kappa shape index (κ3) is 6.84. The summed E-state index contributed by atoms with van der Waals surface area (Å²) < 4.78 is 19.3. The predicted octanol–water partition coefficient (Wildman–Crippen LogP) is 4.22. The Balaban J connectivity index is 0.000000359. The smallest absolute Gasteiger partial charge is 0.358 e. The third-order valence-electron chi connectivity index (χ3n) is 3.18. The Labute approximate surface area is 153 Å². The highest BCUT2D eigenvalue weighted by Gasteiger charge is 2.14. The number of nitrogens with zero attached hydrogens (tertiary/aromatic N) is 3. The summed E-state index contributed by atoms with van der Waals surface area (Å²) in [5.41, 5.74) is 1.78. The van der Waals surface area contributed by atoms with Gasteiger partial charge in [0.25, 0.3) is 0 Å². The minimum Gasteiger partial charge on any atom is -0.461 e. The van der Waals surface area contributed by atoms with Gasteiger partial charge in [-0.3, -0.25) is 9.67 Å². The Kier molecular flexibility index (Phi) is 9.31. The fourth-order valence-corrected chi connectivity index (χ4v) is 1.98. The molecule has 0 saturated carbocycles. The predicted molar refractivity (Wildman–Crippen MR) is 103 cm³/mol. The number of hydrogen-bond donors (Lipinski definition) is 0. The molecule has 1 heterocycles. The van der Waals surface area contributed by atoms with E-state index in [2.05, 4.69) is 16.7 Å². The first-order valence-corrected chi connectivity index (χ1v) is 8.18. The molecule has 0 aliphatic heterocycles. The molecule has 1 aromatic carbocycles. The van der Waals surface area contributed by atoms with Gasteiger partial charge in [-0.05, 0) is 55.3 Å². The van der Waals surface area contributed by atoms with Crippen LogP contribution in [0.3, 0.4) is 0 Å². The number of aryl methyl sites for hydroxylation is 1. The minimum absolute atomic E-state index is 0.249. The van der Waals surface area contributed by atoms with Gasteiger partial charge in [-0.15, -0.1) is 6.58 Å². The number of hydrogen-bond acceptors (Lipinski definition) is 4. The number of allylic oxidation sites excluding steroid dienone is 3. The topological polar surface area (TPSA) is 56.5 Å². The molecule has 0 aliphatic rings. The average molecular weight is 357 g/mol. The van der Waals surface area contributed by atoms with Gasteiger partial charge in [0.15, 0.2) is 5.69 Å². The molecule has 1 aromatic heterocycles. The molecule has 2 aromatic rings. The molecular formula is C20H24FN3O2. The Hall–Kier alpha value is -3.02. The summed E-state index contributed by atoms with van der Waals surface area (Å²) in [6.45, 7) is 5.61. The van der Waals surface area contributed by atoms with Crippen molar-refractivity contribution in [1.29, 1.82) is 0 Å². The number of esters is 1. The van der Waals surface area contributed by atoms with Crippen LogP contribution in [0, 0.1) is 5.82 Å². The number of aromatic nitrogens is 2. The molecule has 0 saturated heterocycles. The van der Waals surface area contributed by atoms with Crippen LogP contribution in [0.1, 0.15) is 23.8 Å². The summed E-state index contributed by atoms with van der Waals surface area (Å²) in [7, 11) is 3.47. The largest absolute Gasteiger partial charge is 0.461 e. The van der Waals surface area contributed by atoms with Gasteiger partial charge in [0.1, 0.15) is 5.82 Å². The van der Waals surface area contributed by atoms with Crippen LogP contribution >= 0.6 is 0 Å². The lowest BCUT2D eigenvalue weighted by molar-refractivity contribution is 0.0518. The quantitative estimate of drug-likeness (QED) is 0.442. The van der Waals surface area contributed by atoms with Crippen molar-refractivity contribution in [2.75, 3.05) is 13.7 Å². The fourth-order valence-electron chi connectivity index (χ4n) is 1.98. The van der Waals surface area contributed by atoms with E-state index in [0.29, 0.717) is 6.61 Å². The highest BCUT2D eigenvalue weighted by atomic mass is 19.1. The highest BCUT2D eigenvalue weighted by Crippen LogP contribution is 2.20. The van der Waals surface area contributed by atoms with Crippen molar-refractivity contribution in [1.82, 2.24) is 9.78 Å². The van der Waals surface area contributed by atoms with Gasteiger partial charge < -0.3 is 4.74 Å². The van der Waals surface area contributed by atoms with Gasteiger partial charge in [0.2, 0.25) is 0 Å². The zero-order valence-corrected chi connectivity index (χ0v) is 15.4. The number of carbonyl (C=O) groups excluding carboxylic acids is 1. The molecule has 0 N–H and O–H groups in total. The molecule has 0 aliphatic carbocycles. The van der Waals surface area contributed by atoms with Crippen LogP contribution < -0.4 is 0 Å². The molecule has 0 unspecified atom stereocenters. The average Bonchev–Trinajstić information content (AvgIpc) is 3.02. The van der Waals surface area contributed by atoms with Crippen molar-refractivity contribution in [2.45, 2.75) is 13.3 Å². The molecule has 138 valence electrons. The lowest BCUT2D eigenvalue weighted by atomic mass is 10.1. The van der Waals surface area contributed by atoms with Gasteiger partial charge in [-0.1, -0.05) is 12.2 Å². The van der Waals surface area contributed by atoms with E-state index in [1.165, 1.54) is 12.1 Å². The van der Waals surface area contributed by atoms with E-state index in [-0.39, 0.29) is 11.5 Å². The lowest BCUT2D eigenvalue weighted by Gasteiger charge is -2.00. The van der Waals surface area contributed by atoms with Crippen molar-refractivity contribution in [2.24, 2.45) is 12.0 Å². The van der Waals surface area contributed by atoms with Gasteiger partial charge in [-0.25, -0.2) is 9.18 Å². The second-order valence-electron chi connectivity index (χ2n) is 5.13. The monoisotopic (exact) mass is 357 g/mol. The Morgan fingerprint density at radius 2 is 2.08 bits per heavy atom.